The van der Waals surface area contributed by atoms with E-state index in [1.54, 1.807) is 0 Å². The van der Waals surface area contributed by atoms with Crippen molar-refractivity contribution < 1.29 is 9.84 Å². The summed E-state index contributed by atoms with van der Waals surface area (Å²) in [5.41, 5.74) is 4.95. The maximum absolute atomic E-state index is 9.02. The van der Waals surface area contributed by atoms with Crippen LogP contribution in [0.15, 0.2) is 24.4 Å². The molecular weight excluding hydrogens is 414 g/mol. The van der Waals surface area contributed by atoms with Crippen LogP contribution >= 0.6 is 0 Å². The second kappa shape index (κ2) is 10.8. The number of nitrogens with one attached hydrogen (secondary N) is 3. The highest BCUT2D eigenvalue weighted by Crippen LogP contribution is 2.34. The summed E-state index contributed by atoms with van der Waals surface area (Å²) in [7, 11) is 0. The molecule has 33 heavy (non-hydrogen) atoms. The van der Waals surface area contributed by atoms with Crippen LogP contribution < -0.4 is 16.0 Å². The minimum atomic E-state index is 0.208. The largest absolute Gasteiger partial charge is 0.395 e. The number of aryl methyl sites for hydroxylation is 2. The number of aliphatic hydroxyl groups is 1. The molecule has 1 saturated carbocycles. The fraction of sp³-hybridized carbons (Fsp3) is 0.615. The lowest BCUT2D eigenvalue weighted by Gasteiger charge is -2.30. The summed E-state index contributed by atoms with van der Waals surface area (Å²) >= 11 is 0. The summed E-state index contributed by atoms with van der Waals surface area (Å²) in [6.07, 6.45) is 10.8. The van der Waals surface area contributed by atoms with E-state index in [1.807, 2.05) is 6.20 Å². The number of pyridine rings is 2. The van der Waals surface area contributed by atoms with Gasteiger partial charge in [0, 0.05) is 50.1 Å². The Hall–Kier alpha value is -2.22. The molecule has 4 N–H and O–H groups in total. The van der Waals surface area contributed by atoms with E-state index in [1.165, 1.54) is 16.7 Å². The number of fused-ring (bicyclic) bond motifs is 3. The van der Waals surface area contributed by atoms with E-state index >= 15 is 0 Å². The average Bonchev–Trinajstić information content (AvgIpc) is 2.87. The molecule has 1 aliphatic heterocycles. The lowest BCUT2D eigenvalue weighted by Crippen LogP contribution is -2.38. The van der Waals surface area contributed by atoms with Crippen molar-refractivity contribution >= 4 is 11.6 Å². The molecule has 0 amide bonds. The molecule has 178 valence electrons. The smallest absolute Gasteiger partial charge is 0.126 e. The summed E-state index contributed by atoms with van der Waals surface area (Å²) in [6.45, 7) is 3.61. The first-order chi connectivity index (χ1) is 16.3. The number of hydrogen-bond acceptors (Lipinski definition) is 7. The van der Waals surface area contributed by atoms with E-state index in [2.05, 4.69) is 34.1 Å². The molecule has 3 aliphatic rings. The van der Waals surface area contributed by atoms with Gasteiger partial charge in [0.15, 0.2) is 0 Å². The first-order valence-electron chi connectivity index (χ1n) is 12.7. The van der Waals surface area contributed by atoms with Gasteiger partial charge in [-0.15, -0.1) is 0 Å². The van der Waals surface area contributed by atoms with Gasteiger partial charge in [0.2, 0.25) is 0 Å². The van der Waals surface area contributed by atoms with Crippen molar-refractivity contribution in [3.63, 3.8) is 0 Å². The third-order valence-electron chi connectivity index (χ3n) is 7.42. The van der Waals surface area contributed by atoms with Crippen molar-refractivity contribution in [1.29, 1.82) is 0 Å². The van der Waals surface area contributed by atoms with Crippen molar-refractivity contribution in [2.45, 2.75) is 63.5 Å². The molecule has 2 fully saturated rings. The summed E-state index contributed by atoms with van der Waals surface area (Å²) < 4.78 is 5.48. The maximum Gasteiger partial charge on any atom is 0.126 e. The predicted molar refractivity (Wildman–Crippen MR) is 132 cm³/mol. The Labute approximate surface area is 196 Å². The van der Waals surface area contributed by atoms with Gasteiger partial charge >= 0.3 is 0 Å². The summed E-state index contributed by atoms with van der Waals surface area (Å²) in [5, 5.41) is 19.7. The van der Waals surface area contributed by atoms with Gasteiger partial charge in [-0.2, -0.15) is 0 Å². The third kappa shape index (κ3) is 5.65. The van der Waals surface area contributed by atoms with Gasteiger partial charge in [-0.05, 0) is 80.5 Å². The van der Waals surface area contributed by atoms with Crippen LogP contribution in [0.2, 0.25) is 0 Å². The van der Waals surface area contributed by atoms with Crippen LogP contribution in [0, 0.1) is 5.92 Å². The van der Waals surface area contributed by atoms with Gasteiger partial charge in [0.05, 0.1) is 12.3 Å². The van der Waals surface area contributed by atoms with Crippen LogP contribution in [0.1, 0.15) is 49.7 Å². The Morgan fingerprint density at radius 3 is 2.55 bits per heavy atom. The van der Waals surface area contributed by atoms with E-state index < -0.39 is 0 Å². The second-order valence-corrected chi connectivity index (χ2v) is 9.74. The summed E-state index contributed by atoms with van der Waals surface area (Å²) in [5.74, 6) is 2.58. The zero-order valence-electron chi connectivity index (χ0n) is 19.5. The monoisotopic (exact) mass is 451 g/mol. The molecule has 7 nitrogen and oxygen atoms in total. The molecule has 1 saturated heterocycles. The highest BCUT2D eigenvalue weighted by molar-refractivity contribution is 5.73. The topological polar surface area (TPSA) is 91.3 Å². The summed E-state index contributed by atoms with van der Waals surface area (Å²) in [4.78, 5) is 9.77. The van der Waals surface area contributed by atoms with Crippen LogP contribution in [-0.4, -0.2) is 60.1 Å². The van der Waals surface area contributed by atoms with Gasteiger partial charge in [-0.25, -0.2) is 9.97 Å². The van der Waals surface area contributed by atoms with E-state index in [0.717, 1.165) is 88.5 Å². The van der Waals surface area contributed by atoms with Crippen molar-refractivity contribution in [2.75, 3.05) is 43.5 Å². The number of rotatable bonds is 8. The van der Waals surface area contributed by atoms with Crippen molar-refractivity contribution in [3.8, 4) is 11.3 Å². The van der Waals surface area contributed by atoms with Crippen LogP contribution in [0.25, 0.3) is 11.3 Å². The molecule has 0 radical (unpaired) electrons. The van der Waals surface area contributed by atoms with E-state index in [-0.39, 0.29) is 6.61 Å². The normalized spacial score (nSPS) is 22.9. The summed E-state index contributed by atoms with van der Waals surface area (Å²) in [6, 6.07) is 7.55. The molecule has 0 atom stereocenters. The SMILES string of the molecule is OCCN[C@H]1CC[C@H](Nc2cc3c(cn2)CCc2ccc(NCC4CCOCC4)nc2-3)CC1. The molecule has 2 aliphatic carbocycles. The Morgan fingerprint density at radius 2 is 1.73 bits per heavy atom. The average molecular weight is 452 g/mol. The Kier molecular flexibility index (Phi) is 7.39. The molecule has 7 heteroatoms. The standard InChI is InChI=1S/C26H37N5O2/c32-12-11-27-21-4-6-22(7-5-21)30-25-15-23-20(17-29-25)2-1-19-3-8-24(31-26(19)23)28-16-18-9-13-33-14-10-18/h3,8,15,17-18,21-22,27,32H,1-2,4-7,9-14,16H2,(H,28,31)(H,29,30)/t21-,22-. The molecular formula is C26H37N5O2. The Morgan fingerprint density at radius 1 is 0.939 bits per heavy atom. The number of hydrogen-bond donors (Lipinski definition) is 4. The second-order valence-electron chi connectivity index (χ2n) is 9.74. The quantitative estimate of drug-likeness (QED) is 0.489. The molecule has 0 bridgehead atoms. The number of aromatic nitrogens is 2. The van der Waals surface area contributed by atoms with Crippen molar-refractivity contribution in [1.82, 2.24) is 15.3 Å². The molecule has 2 aromatic rings. The van der Waals surface area contributed by atoms with Gasteiger partial charge in [0.1, 0.15) is 11.6 Å². The van der Waals surface area contributed by atoms with Gasteiger partial charge in [-0.1, -0.05) is 6.07 Å². The van der Waals surface area contributed by atoms with Gasteiger partial charge in [0.25, 0.3) is 0 Å². The molecule has 2 aromatic heterocycles. The minimum absolute atomic E-state index is 0.208. The van der Waals surface area contributed by atoms with Crippen LogP contribution in [0.5, 0.6) is 0 Å². The number of nitrogens with zero attached hydrogens (tertiary/aromatic N) is 2. The van der Waals surface area contributed by atoms with Crippen LogP contribution in [0.3, 0.4) is 0 Å². The molecule has 0 aromatic carbocycles. The van der Waals surface area contributed by atoms with Crippen LogP contribution in [0.4, 0.5) is 11.6 Å². The fourth-order valence-corrected chi connectivity index (χ4v) is 5.39. The third-order valence-corrected chi connectivity index (χ3v) is 7.42. The van der Waals surface area contributed by atoms with Crippen molar-refractivity contribution in [2.24, 2.45) is 5.92 Å². The highest BCUT2D eigenvalue weighted by Gasteiger charge is 2.23. The maximum atomic E-state index is 9.02. The molecule has 5 rings (SSSR count). The van der Waals surface area contributed by atoms with Crippen molar-refractivity contribution in [3.05, 3.63) is 35.5 Å². The van der Waals surface area contributed by atoms with E-state index in [4.69, 9.17) is 19.8 Å². The van der Waals surface area contributed by atoms with E-state index in [9.17, 15) is 0 Å². The zero-order valence-corrected chi connectivity index (χ0v) is 19.5. The first-order valence-corrected chi connectivity index (χ1v) is 12.7. The molecule has 0 unspecified atom stereocenters. The first kappa shape index (κ1) is 22.6. The lowest BCUT2D eigenvalue weighted by atomic mass is 9.89. The number of aliphatic hydroxyl groups excluding tert-OH is 1. The van der Waals surface area contributed by atoms with Gasteiger partial charge in [-0.3, -0.25) is 0 Å². The van der Waals surface area contributed by atoms with E-state index in [0.29, 0.717) is 24.5 Å². The van der Waals surface area contributed by atoms with Crippen LogP contribution in [-0.2, 0) is 17.6 Å². The minimum Gasteiger partial charge on any atom is -0.395 e. The fourth-order valence-electron chi connectivity index (χ4n) is 5.39. The van der Waals surface area contributed by atoms with Gasteiger partial charge < -0.3 is 25.8 Å². The highest BCUT2D eigenvalue weighted by atomic mass is 16.5. The predicted octanol–water partition coefficient (Wildman–Crippen LogP) is 3.39. The zero-order chi connectivity index (χ0) is 22.5. The Bertz CT molecular complexity index is 923. The number of ether oxygens (including phenoxy) is 1. The number of anilines is 2. The molecule has 3 heterocycles. The molecule has 0 spiro atoms. The Balaban J connectivity index is 1.25. The lowest BCUT2D eigenvalue weighted by molar-refractivity contribution is 0.0699.